The average Bonchev–Trinajstić information content (AvgIpc) is 2.50. The molecule has 1 fully saturated rings. The van der Waals surface area contributed by atoms with E-state index in [0.717, 1.165) is 22.9 Å². The van der Waals surface area contributed by atoms with Gasteiger partial charge in [0.25, 0.3) is 0 Å². The molecular weight excluding hydrogens is 284 g/mol. The maximum atomic E-state index is 11.8. The van der Waals surface area contributed by atoms with Crippen LogP contribution in [0.25, 0.3) is 0 Å². The molecule has 1 aromatic carbocycles. The van der Waals surface area contributed by atoms with Crippen LogP contribution in [0.2, 0.25) is 0 Å². The quantitative estimate of drug-likeness (QED) is 0.659. The number of carbonyl (C=O) groups excluding carboxylic acids is 1. The highest BCUT2D eigenvalue weighted by Crippen LogP contribution is 2.30. The SMILES string of the molecule is COC(=O)c1cc(NC2CCCC(SC)C2)cc(C)c1N. The molecule has 1 aromatic rings. The lowest BCUT2D eigenvalue weighted by Crippen LogP contribution is -2.28. The molecule has 1 saturated carbocycles. The van der Waals surface area contributed by atoms with Gasteiger partial charge in [0.05, 0.1) is 12.7 Å². The van der Waals surface area contributed by atoms with Gasteiger partial charge in [-0.05, 0) is 50.1 Å². The zero-order valence-corrected chi connectivity index (χ0v) is 13.8. The maximum Gasteiger partial charge on any atom is 0.340 e. The summed E-state index contributed by atoms with van der Waals surface area (Å²) >= 11 is 1.94. The number of esters is 1. The van der Waals surface area contributed by atoms with Gasteiger partial charge in [0.15, 0.2) is 0 Å². The zero-order valence-electron chi connectivity index (χ0n) is 12.9. The minimum Gasteiger partial charge on any atom is -0.465 e. The van der Waals surface area contributed by atoms with Crippen LogP contribution in [-0.2, 0) is 4.74 Å². The van der Waals surface area contributed by atoms with E-state index in [1.165, 1.54) is 26.4 Å². The Balaban J connectivity index is 2.16. The number of anilines is 2. The van der Waals surface area contributed by atoms with Gasteiger partial charge in [0.1, 0.15) is 0 Å². The first-order valence-corrected chi connectivity index (χ1v) is 8.61. The van der Waals surface area contributed by atoms with Gasteiger partial charge in [-0.3, -0.25) is 0 Å². The molecule has 4 nitrogen and oxygen atoms in total. The highest BCUT2D eigenvalue weighted by molar-refractivity contribution is 7.99. The van der Waals surface area contributed by atoms with E-state index < -0.39 is 0 Å². The van der Waals surface area contributed by atoms with Crippen molar-refractivity contribution in [1.29, 1.82) is 0 Å². The molecule has 0 aromatic heterocycles. The van der Waals surface area contributed by atoms with Crippen molar-refractivity contribution >= 4 is 29.1 Å². The fraction of sp³-hybridized carbons (Fsp3) is 0.562. The van der Waals surface area contributed by atoms with E-state index in [4.69, 9.17) is 10.5 Å². The van der Waals surface area contributed by atoms with Crippen LogP contribution >= 0.6 is 11.8 Å². The second-order valence-electron chi connectivity index (χ2n) is 5.61. The van der Waals surface area contributed by atoms with Crippen LogP contribution in [0.1, 0.15) is 41.6 Å². The van der Waals surface area contributed by atoms with E-state index in [-0.39, 0.29) is 5.97 Å². The predicted octanol–water partition coefficient (Wildman–Crippen LogP) is 3.45. The summed E-state index contributed by atoms with van der Waals surface area (Å²) in [4.78, 5) is 11.8. The minimum absolute atomic E-state index is 0.384. The second-order valence-corrected chi connectivity index (χ2v) is 6.75. The highest BCUT2D eigenvalue weighted by Gasteiger charge is 2.22. The van der Waals surface area contributed by atoms with Crippen LogP contribution < -0.4 is 11.1 Å². The van der Waals surface area contributed by atoms with Crippen molar-refractivity contribution in [1.82, 2.24) is 0 Å². The maximum absolute atomic E-state index is 11.8. The van der Waals surface area contributed by atoms with Crippen molar-refractivity contribution in [3.8, 4) is 0 Å². The van der Waals surface area contributed by atoms with Crippen molar-refractivity contribution < 1.29 is 9.53 Å². The Hall–Kier alpha value is -1.36. The van der Waals surface area contributed by atoms with Gasteiger partial charge in [-0.15, -0.1) is 0 Å². The molecule has 2 unspecified atom stereocenters. The summed E-state index contributed by atoms with van der Waals surface area (Å²) in [5.74, 6) is -0.384. The number of benzene rings is 1. The van der Waals surface area contributed by atoms with Crippen molar-refractivity contribution in [2.24, 2.45) is 0 Å². The lowest BCUT2D eigenvalue weighted by Gasteiger charge is -2.29. The summed E-state index contributed by atoms with van der Waals surface area (Å²) in [6, 6.07) is 4.27. The predicted molar refractivity (Wildman–Crippen MR) is 90.1 cm³/mol. The molecule has 2 atom stereocenters. The average molecular weight is 308 g/mol. The van der Waals surface area contributed by atoms with Crippen molar-refractivity contribution in [3.63, 3.8) is 0 Å². The monoisotopic (exact) mass is 308 g/mol. The van der Waals surface area contributed by atoms with E-state index in [1.807, 2.05) is 24.8 Å². The molecule has 0 saturated heterocycles. The number of methoxy groups -OCH3 is 1. The van der Waals surface area contributed by atoms with Crippen LogP contribution in [0.15, 0.2) is 12.1 Å². The van der Waals surface area contributed by atoms with E-state index >= 15 is 0 Å². The van der Waals surface area contributed by atoms with Crippen LogP contribution in [0.5, 0.6) is 0 Å². The number of rotatable bonds is 4. The number of ether oxygens (including phenoxy) is 1. The van der Waals surface area contributed by atoms with Crippen LogP contribution in [0.3, 0.4) is 0 Å². The van der Waals surface area contributed by atoms with E-state index in [9.17, 15) is 4.79 Å². The molecule has 0 bridgehead atoms. The number of nitrogens with one attached hydrogen (secondary N) is 1. The number of aryl methyl sites for hydroxylation is 1. The zero-order chi connectivity index (χ0) is 15.4. The Morgan fingerprint density at radius 2 is 2.19 bits per heavy atom. The molecule has 0 amide bonds. The molecule has 0 aliphatic heterocycles. The first kappa shape index (κ1) is 16.0. The van der Waals surface area contributed by atoms with Gasteiger partial charge < -0.3 is 15.8 Å². The standard InChI is InChI=1S/C16H24N2O2S/c1-10-7-12(9-14(15(10)17)16(19)20-2)18-11-5-4-6-13(8-11)21-3/h7,9,11,13,18H,4-6,8,17H2,1-3H3. The number of nitrogen functional groups attached to an aromatic ring is 1. The Kier molecular flexibility index (Phi) is 5.39. The molecule has 0 spiro atoms. The van der Waals surface area contributed by atoms with Crippen molar-refractivity contribution in [2.45, 2.75) is 43.9 Å². The first-order chi connectivity index (χ1) is 10.0. The largest absolute Gasteiger partial charge is 0.465 e. The Morgan fingerprint density at radius 1 is 1.43 bits per heavy atom. The van der Waals surface area contributed by atoms with E-state index in [0.29, 0.717) is 17.3 Å². The third kappa shape index (κ3) is 3.84. The molecule has 0 radical (unpaired) electrons. The summed E-state index contributed by atoms with van der Waals surface area (Å²) in [5.41, 5.74) is 8.77. The Morgan fingerprint density at radius 3 is 2.86 bits per heavy atom. The number of nitrogens with two attached hydrogens (primary N) is 1. The number of thioether (sulfide) groups is 1. The Labute approximate surface area is 130 Å². The molecule has 2 rings (SSSR count). The smallest absolute Gasteiger partial charge is 0.340 e. The fourth-order valence-electron chi connectivity index (χ4n) is 2.89. The molecule has 21 heavy (non-hydrogen) atoms. The Bertz CT molecular complexity index is 519. The lowest BCUT2D eigenvalue weighted by molar-refractivity contribution is 0.0602. The molecule has 5 heteroatoms. The van der Waals surface area contributed by atoms with Gasteiger partial charge in [-0.1, -0.05) is 6.42 Å². The van der Waals surface area contributed by atoms with Crippen molar-refractivity contribution in [2.75, 3.05) is 24.4 Å². The molecular formula is C16H24N2O2S. The highest BCUT2D eigenvalue weighted by atomic mass is 32.2. The van der Waals surface area contributed by atoms with E-state index in [1.54, 1.807) is 6.07 Å². The number of hydrogen-bond acceptors (Lipinski definition) is 5. The third-order valence-electron chi connectivity index (χ3n) is 4.12. The normalized spacial score (nSPS) is 21.9. The molecule has 1 aliphatic carbocycles. The summed E-state index contributed by atoms with van der Waals surface area (Å²) in [5, 5.41) is 4.28. The topological polar surface area (TPSA) is 64.3 Å². The van der Waals surface area contributed by atoms with Gasteiger partial charge in [0, 0.05) is 22.7 Å². The molecule has 0 heterocycles. The van der Waals surface area contributed by atoms with Gasteiger partial charge in [-0.2, -0.15) is 11.8 Å². The van der Waals surface area contributed by atoms with Crippen molar-refractivity contribution in [3.05, 3.63) is 23.3 Å². The number of hydrogen-bond donors (Lipinski definition) is 2. The molecule has 1 aliphatic rings. The third-order valence-corrected chi connectivity index (χ3v) is 5.22. The van der Waals surface area contributed by atoms with Crippen LogP contribution in [-0.4, -0.2) is 30.6 Å². The summed E-state index contributed by atoms with van der Waals surface area (Å²) in [6.45, 7) is 1.92. The first-order valence-electron chi connectivity index (χ1n) is 7.33. The van der Waals surface area contributed by atoms with E-state index in [2.05, 4.69) is 11.6 Å². The van der Waals surface area contributed by atoms with Gasteiger partial charge in [0.2, 0.25) is 0 Å². The summed E-state index contributed by atoms with van der Waals surface area (Å²) in [7, 11) is 1.38. The van der Waals surface area contributed by atoms with Gasteiger partial charge in [-0.25, -0.2) is 4.79 Å². The van der Waals surface area contributed by atoms with Gasteiger partial charge >= 0.3 is 5.97 Å². The number of carbonyl (C=O) groups is 1. The lowest BCUT2D eigenvalue weighted by atomic mass is 9.94. The summed E-state index contributed by atoms with van der Waals surface area (Å²) < 4.78 is 4.80. The second kappa shape index (κ2) is 7.07. The molecule has 3 N–H and O–H groups in total. The fourth-order valence-corrected chi connectivity index (χ4v) is 3.71. The summed E-state index contributed by atoms with van der Waals surface area (Å²) in [6.07, 6.45) is 7.07. The minimum atomic E-state index is -0.384. The van der Waals surface area contributed by atoms with Crippen LogP contribution in [0.4, 0.5) is 11.4 Å². The molecule has 116 valence electrons. The van der Waals surface area contributed by atoms with Crippen LogP contribution in [0, 0.1) is 6.92 Å².